The van der Waals surface area contributed by atoms with Gasteiger partial charge in [0, 0.05) is 0 Å². The zero-order valence-corrected chi connectivity index (χ0v) is 6.89. The third-order valence-electron chi connectivity index (χ3n) is 1.60. The van der Waals surface area contributed by atoms with Crippen LogP contribution < -0.4 is 4.90 Å². The van der Waals surface area contributed by atoms with E-state index in [0.29, 0.717) is 5.84 Å². The van der Waals surface area contributed by atoms with Crippen molar-refractivity contribution in [2.45, 2.75) is 20.3 Å². The Morgan fingerprint density at radius 1 is 1.73 bits per heavy atom. The summed E-state index contributed by atoms with van der Waals surface area (Å²) in [6, 6.07) is 2.09. The highest BCUT2D eigenvalue weighted by atomic mass is 15.2. The molecular formula is C8H12N3+. The maximum Gasteiger partial charge on any atom is 0.311 e. The first kappa shape index (κ1) is 7.96. The van der Waals surface area contributed by atoms with E-state index in [1.54, 1.807) is 0 Å². The lowest BCUT2D eigenvalue weighted by molar-refractivity contribution is -0.742. The molecule has 0 aromatic rings. The summed E-state index contributed by atoms with van der Waals surface area (Å²) in [6.07, 6.45) is 3.06. The Hall–Kier alpha value is -1.14. The van der Waals surface area contributed by atoms with Crippen LogP contribution in [0.25, 0.3) is 0 Å². The summed E-state index contributed by atoms with van der Waals surface area (Å²) in [4.78, 5) is 5.18. The van der Waals surface area contributed by atoms with Crippen LogP contribution in [0.4, 0.5) is 0 Å². The Morgan fingerprint density at radius 3 is 3.00 bits per heavy atom. The van der Waals surface area contributed by atoms with Crippen LogP contribution in [0, 0.1) is 11.3 Å². The molecule has 0 bridgehead atoms. The van der Waals surface area contributed by atoms with Crippen LogP contribution in [0.1, 0.15) is 20.3 Å². The van der Waals surface area contributed by atoms with Crippen LogP contribution in [0.5, 0.6) is 0 Å². The van der Waals surface area contributed by atoms with E-state index in [1.165, 1.54) is 0 Å². The molecule has 0 radical (unpaired) electrons. The predicted molar refractivity (Wildman–Crippen MR) is 42.9 cm³/mol. The van der Waals surface area contributed by atoms with Crippen LogP contribution in [0.15, 0.2) is 16.9 Å². The largest absolute Gasteiger partial charge is 0.311 e. The van der Waals surface area contributed by atoms with E-state index in [4.69, 9.17) is 5.26 Å². The Balaban J connectivity index is 2.69. The molecule has 0 spiro atoms. The lowest BCUT2D eigenvalue weighted by Crippen LogP contribution is -3.09. The molecule has 0 amide bonds. The van der Waals surface area contributed by atoms with Crippen molar-refractivity contribution in [1.82, 2.24) is 0 Å². The maximum absolute atomic E-state index is 8.65. The summed E-state index contributed by atoms with van der Waals surface area (Å²) in [5, 5.41) is 8.65. The van der Waals surface area contributed by atoms with E-state index in [9.17, 15) is 0 Å². The third-order valence-corrected chi connectivity index (χ3v) is 1.60. The van der Waals surface area contributed by atoms with E-state index in [2.05, 4.69) is 18.0 Å². The van der Waals surface area contributed by atoms with E-state index < -0.39 is 0 Å². The van der Waals surface area contributed by atoms with Crippen LogP contribution in [0.3, 0.4) is 0 Å². The van der Waals surface area contributed by atoms with Gasteiger partial charge in [0.25, 0.3) is 0 Å². The molecular weight excluding hydrogens is 138 g/mol. The number of allylic oxidation sites excluding steroid dienone is 1. The Bertz CT molecular complexity index is 245. The third kappa shape index (κ3) is 1.66. The summed E-state index contributed by atoms with van der Waals surface area (Å²) in [7, 11) is 0. The number of hydrogen-bond donors (Lipinski definition) is 1. The maximum atomic E-state index is 8.65. The van der Waals surface area contributed by atoms with Crippen LogP contribution in [-0.4, -0.2) is 12.4 Å². The van der Waals surface area contributed by atoms with Gasteiger partial charge in [0.2, 0.25) is 0 Å². The van der Waals surface area contributed by atoms with Crippen molar-refractivity contribution in [2.24, 2.45) is 4.99 Å². The van der Waals surface area contributed by atoms with Crippen LogP contribution in [-0.2, 0) is 0 Å². The zero-order valence-electron chi connectivity index (χ0n) is 6.89. The normalized spacial score (nSPS) is 22.5. The number of hydrogen-bond acceptors (Lipinski definition) is 2. The van der Waals surface area contributed by atoms with E-state index in [1.807, 2.05) is 13.1 Å². The summed E-state index contributed by atoms with van der Waals surface area (Å²) >= 11 is 0. The topological polar surface area (TPSA) is 40.6 Å². The Morgan fingerprint density at radius 2 is 2.45 bits per heavy atom. The van der Waals surface area contributed by atoms with Gasteiger partial charge >= 0.3 is 5.84 Å². The highest BCUT2D eigenvalue weighted by molar-refractivity contribution is 5.91. The van der Waals surface area contributed by atoms with Crippen molar-refractivity contribution in [3.8, 4) is 6.07 Å². The standard InChI is InChI=1S/C8H11N3/c1-3-4-11-6-7(2)10-8(11)5-9/h6H,3-4H2,1-2H3/p+1. The molecule has 0 aromatic carbocycles. The van der Waals surface area contributed by atoms with Gasteiger partial charge < -0.3 is 0 Å². The average molecular weight is 150 g/mol. The van der Waals surface area contributed by atoms with Crippen LogP contribution >= 0.6 is 0 Å². The highest BCUT2D eigenvalue weighted by Crippen LogP contribution is 1.94. The van der Waals surface area contributed by atoms with Gasteiger partial charge in [-0.15, -0.1) is 0 Å². The average Bonchev–Trinajstić information content (AvgIpc) is 2.32. The first-order valence-corrected chi connectivity index (χ1v) is 3.81. The number of quaternary nitrogens is 1. The minimum Gasteiger partial charge on any atom is -0.249 e. The quantitative estimate of drug-likeness (QED) is 0.595. The van der Waals surface area contributed by atoms with Crippen LogP contribution in [0.2, 0.25) is 0 Å². The molecule has 1 unspecified atom stereocenters. The van der Waals surface area contributed by atoms with Gasteiger partial charge in [0.15, 0.2) is 6.07 Å². The molecule has 1 aliphatic rings. The first-order chi connectivity index (χ1) is 5.27. The lowest BCUT2D eigenvalue weighted by atomic mass is 10.4. The fourth-order valence-electron chi connectivity index (χ4n) is 1.16. The van der Waals surface area contributed by atoms with E-state index in [0.717, 1.165) is 23.6 Å². The van der Waals surface area contributed by atoms with E-state index >= 15 is 0 Å². The molecule has 3 heteroatoms. The van der Waals surface area contributed by atoms with Crippen molar-refractivity contribution in [1.29, 1.82) is 5.26 Å². The first-order valence-electron chi connectivity index (χ1n) is 3.81. The summed E-state index contributed by atoms with van der Waals surface area (Å²) < 4.78 is 0. The molecule has 1 N–H and O–H groups in total. The minimum absolute atomic E-state index is 0.601. The second kappa shape index (κ2) is 3.31. The smallest absolute Gasteiger partial charge is 0.249 e. The van der Waals surface area contributed by atoms with Gasteiger partial charge in [-0.3, -0.25) is 0 Å². The van der Waals surface area contributed by atoms with Gasteiger partial charge in [0.05, 0.1) is 12.2 Å². The molecule has 0 saturated carbocycles. The molecule has 1 rings (SSSR count). The monoisotopic (exact) mass is 150 g/mol. The molecule has 58 valence electrons. The van der Waals surface area contributed by atoms with Crippen molar-refractivity contribution in [3.63, 3.8) is 0 Å². The lowest BCUT2D eigenvalue weighted by Gasteiger charge is -2.03. The second-order valence-electron chi connectivity index (χ2n) is 2.63. The van der Waals surface area contributed by atoms with Crippen molar-refractivity contribution in [3.05, 3.63) is 11.9 Å². The number of nitrogens with one attached hydrogen (secondary N) is 1. The predicted octanol–water partition coefficient (Wildman–Crippen LogP) is 0.0783. The molecule has 1 atom stereocenters. The number of nitriles is 1. The SMILES string of the molecule is CCC[NH+]1C=C(C)N=C1C#N. The summed E-state index contributed by atoms with van der Waals surface area (Å²) in [5.41, 5.74) is 0.949. The Labute approximate surface area is 66.6 Å². The molecule has 1 heterocycles. The number of nitrogens with zero attached hydrogens (tertiary/aromatic N) is 2. The highest BCUT2D eigenvalue weighted by Gasteiger charge is 2.19. The molecule has 0 saturated heterocycles. The van der Waals surface area contributed by atoms with Crippen molar-refractivity contribution < 1.29 is 4.90 Å². The molecule has 1 aliphatic heterocycles. The van der Waals surface area contributed by atoms with E-state index in [-0.39, 0.29) is 0 Å². The van der Waals surface area contributed by atoms with Gasteiger partial charge in [-0.05, 0) is 13.3 Å². The molecule has 0 aromatic heterocycles. The van der Waals surface area contributed by atoms with Gasteiger partial charge in [-0.2, -0.15) is 10.3 Å². The molecule has 11 heavy (non-hydrogen) atoms. The number of amidine groups is 1. The zero-order chi connectivity index (χ0) is 8.27. The Kier molecular flexibility index (Phi) is 2.40. The summed E-state index contributed by atoms with van der Waals surface area (Å²) in [5.74, 6) is 0.601. The number of rotatable bonds is 2. The van der Waals surface area contributed by atoms with Gasteiger partial charge in [-0.25, -0.2) is 4.90 Å². The fraction of sp³-hybridized carbons (Fsp3) is 0.500. The van der Waals surface area contributed by atoms with Crippen molar-refractivity contribution >= 4 is 5.84 Å². The molecule has 0 fully saturated rings. The fourth-order valence-corrected chi connectivity index (χ4v) is 1.16. The molecule has 0 aliphatic carbocycles. The van der Waals surface area contributed by atoms with Gasteiger partial charge in [0.1, 0.15) is 6.20 Å². The molecule has 3 nitrogen and oxygen atoms in total. The second-order valence-corrected chi connectivity index (χ2v) is 2.63. The minimum atomic E-state index is 0.601. The number of aliphatic imine (C=N–C) groups is 1. The van der Waals surface area contributed by atoms with Gasteiger partial charge in [-0.1, -0.05) is 6.92 Å². The summed E-state index contributed by atoms with van der Waals surface area (Å²) in [6.45, 7) is 4.98. The van der Waals surface area contributed by atoms with Crippen molar-refractivity contribution in [2.75, 3.05) is 6.54 Å².